The Bertz CT molecular complexity index is 522. The van der Waals surface area contributed by atoms with E-state index in [1.54, 1.807) is 24.3 Å². The molecule has 0 saturated carbocycles. The Balaban J connectivity index is 2.36. The Morgan fingerprint density at radius 3 is 2.75 bits per heavy atom. The van der Waals surface area contributed by atoms with Gasteiger partial charge in [-0.3, -0.25) is 9.59 Å². The number of aliphatic hydroxyl groups is 1. The van der Waals surface area contributed by atoms with Crippen LogP contribution in [0.15, 0.2) is 42.5 Å². The van der Waals surface area contributed by atoms with E-state index >= 15 is 0 Å². The molecule has 0 fully saturated rings. The molecule has 2 atom stereocenters. The summed E-state index contributed by atoms with van der Waals surface area (Å²) >= 11 is 0. The first kappa shape index (κ1) is 14.4. The minimum Gasteiger partial charge on any atom is -0.469 e. The molecular formula is C15H16O5. The molecule has 1 N–H and O–H groups in total. The number of hydrogen-bond donors (Lipinski definition) is 1. The van der Waals surface area contributed by atoms with Crippen molar-refractivity contribution >= 4 is 11.8 Å². The third kappa shape index (κ3) is 2.79. The van der Waals surface area contributed by atoms with E-state index in [2.05, 4.69) is 4.74 Å². The number of carbonyl (C=O) groups is 2. The quantitative estimate of drug-likeness (QED) is 0.839. The van der Waals surface area contributed by atoms with Gasteiger partial charge in [-0.15, -0.1) is 0 Å². The molecule has 1 heterocycles. The van der Waals surface area contributed by atoms with Gasteiger partial charge in [0.15, 0.2) is 17.7 Å². The Hall–Kier alpha value is -1.98. The summed E-state index contributed by atoms with van der Waals surface area (Å²) in [5.41, 5.74) is -0.735. The molecule has 2 rings (SSSR count). The van der Waals surface area contributed by atoms with Crippen LogP contribution in [0.25, 0.3) is 0 Å². The lowest BCUT2D eigenvalue weighted by Crippen LogP contribution is -2.44. The first-order chi connectivity index (χ1) is 9.58. The van der Waals surface area contributed by atoms with Gasteiger partial charge >= 0.3 is 5.97 Å². The molecule has 1 aliphatic rings. The van der Waals surface area contributed by atoms with Crippen LogP contribution in [0, 0.1) is 0 Å². The van der Waals surface area contributed by atoms with E-state index < -0.39 is 17.9 Å². The summed E-state index contributed by atoms with van der Waals surface area (Å²) in [7, 11) is 1.29. The van der Waals surface area contributed by atoms with Crippen LogP contribution in [0.5, 0.6) is 0 Å². The number of rotatable bonds is 4. The fraction of sp³-hybridized carbons (Fsp3) is 0.333. The number of ether oxygens (including phenoxy) is 2. The van der Waals surface area contributed by atoms with E-state index in [1.807, 2.05) is 6.07 Å². The molecule has 106 valence electrons. The highest BCUT2D eigenvalue weighted by Crippen LogP contribution is 2.36. The SMILES string of the molecule is COC(=O)CCC1(c2ccccc2)OC(O)C=CC1=O. The molecule has 1 aromatic rings. The number of carbonyl (C=O) groups excluding carboxylic acids is 2. The van der Waals surface area contributed by atoms with Crippen molar-refractivity contribution < 1.29 is 24.2 Å². The maximum atomic E-state index is 12.3. The Morgan fingerprint density at radius 2 is 2.10 bits per heavy atom. The molecule has 5 nitrogen and oxygen atoms in total. The van der Waals surface area contributed by atoms with Crippen LogP contribution in [-0.4, -0.2) is 30.3 Å². The second-order valence-electron chi connectivity index (χ2n) is 4.50. The zero-order valence-electron chi connectivity index (χ0n) is 11.1. The van der Waals surface area contributed by atoms with Gasteiger partial charge in [0, 0.05) is 6.42 Å². The Labute approximate surface area is 116 Å². The van der Waals surface area contributed by atoms with Gasteiger partial charge in [0.2, 0.25) is 0 Å². The van der Waals surface area contributed by atoms with Gasteiger partial charge in [0.25, 0.3) is 0 Å². The largest absolute Gasteiger partial charge is 0.469 e. The van der Waals surface area contributed by atoms with Crippen molar-refractivity contribution in [2.24, 2.45) is 0 Å². The fourth-order valence-corrected chi connectivity index (χ4v) is 2.23. The average molecular weight is 276 g/mol. The molecule has 0 bridgehead atoms. The first-order valence-corrected chi connectivity index (χ1v) is 6.29. The summed E-state index contributed by atoms with van der Waals surface area (Å²) in [5.74, 6) is -0.723. The van der Waals surface area contributed by atoms with E-state index in [1.165, 1.54) is 19.3 Å². The number of methoxy groups -OCH3 is 1. The molecule has 0 saturated heterocycles. The number of ketones is 1. The summed E-state index contributed by atoms with van der Waals surface area (Å²) in [6.07, 6.45) is 1.53. The van der Waals surface area contributed by atoms with Crippen LogP contribution < -0.4 is 0 Å². The van der Waals surface area contributed by atoms with Crippen molar-refractivity contribution in [3.05, 3.63) is 48.0 Å². The number of hydrogen-bond acceptors (Lipinski definition) is 5. The molecule has 0 aromatic heterocycles. The van der Waals surface area contributed by atoms with Crippen LogP contribution in [-0.2, 0) is 24.7 Å². The third-order valence-corrected chi connectivity index (χ3v) is 3.28. The van der Waals surface area contributed by atoms with Crippen molar-refractivity contribution in [1.29, 1.82) is 0 Å². The topological polar surface area (TPSA) is 72.8 Å². The highest BCUT2D eigenvalue weighted by atomic mass is 16.6. The van der Waals surface area contributed by atoms with Crippen LogP contribution in [0.4, 0.5) is 0 Å². The number of esters is 1. The summed E-state index contributed by atoms with van der Waals surface area (Å²) in [6, 6.07) is 8.84. The normalized spacial score (nSPS) is 25.5. The average Bonchev–Trinajstić information content (AvgIpc) is 2.48. The third-order valence-electron chi connectivity index (χ3n) is 3.28. The van der Waals surface area contributed by atoms with Crippen molar-refractivity contribution in [3.63, 3.8) is 0 Å². The molecule has 20 heavy (non-hydrogen) atoms. The summed E-state index contributed by atoms with van der Waals surface area (Å²) < 4.78 is 10.1. The van der Waals surface area contributed by atoms with Gasteiger partial charge in [-0.2, -0.15) is 0 Å². The zero-order chi connectivity index (χ0) is 14.6. The van der Waals surface area contributed by atoms with Crippen LogP contribution in [0.2, 0.25) is 0 Å². The van der Waals surface area contributed by atoms with Gasteiger partial charge in [0.1, 0.15) is 0 Å². The van der Waals surface area contributed by atoms with E-state index in [9.17, 15) is 14.7 Å². The van der Waals surface area contributed by atoms with E-state index in [0.29, 0.717) is 5.56 Å². The minimum absolute atomic E-state index is 0.0255. The standard InChI is InChI=1S/C15H16O5/c1-19-13(17)9-10-15(11-5-3-2-4-6-11)12(16)7-8-14(18)20-15/h2-8,14,18H,9-10H2,1H3. The van der Waals surface area contributed by atoms with Crippen molar-refractivity contribution in [2.75, 3.05) is 7.11 Å². The van der Waals surface area contributed by atoms with Crippen molar-refractivity contribution in [1.82, 2.24) is 0 Å². The van der Waals surface area contributed by atoms with Crippen molar-refractivity contribution in [2.45, 2.75) is 24.7 Å². The molecule has 1 aromatic carbocycles. The summed E-state index contributed by atoms with van der Waals surface area (Å²) in [4.78, 5) is 23.6. The lowest BCUT2D eigenvalue weighted by atomic mass is 9.83. The molecular weight excluding hydrogens is 260 g/mol. The lowest BCUT2D eigenvalue weighted by molar-refractivity contribution is -0.186. The number of benzene rings is 1. The summed E-state index contributed by atoms with van der Waals surface area (Å²) in [5, 5.41) is 9.67. The van der Waals surface area contributed by atoms with Gasteiger partial charge in [-0.1, -0.05) is 30.3 Å². The Kier molecular flexibility index (Phi) is 4.32. The maximum absolute atomic E-state index is 12.3. The van der Waals surface area contributed by atoms with Crippen LogP contribution in [0.3, 0.4) is 0 Å². The highest BCUT2D eigenvalue weighted by molar-refractivity contribution is 5.98. The predicted molar refractivity (Wildman–Crippen MR) is 70.6 cm³/mol. The number of aliphatic hydroxyl groups excluding tert-OH is 1. The van der Waals surface area contributed by atoms with Gasteiger partial charge in [0.05, 0.1) is 7.11 Å². The first-order valence-electron chi connectivity index (χ1n) is 6.29. The van der Waals surface area contributed by atoms with Crippen LogP contribution >= 0.6 is 0 Å². The van der Waals surface area contributed by atoms with E-state index in [0.717, 1.165) is 0 Å². The second kappa shape index (κ2) is 5.98. The molecule has 0 amide bonds. The van der Waals surface area contributed by atoms with Gasteiger partial charge < -0.3 is 14.6 Å². The molecule has 0 aliphatic carbocycles. The zero-order valence-corrected chi connectivity index (χ0v) is 11.1. The van der Waals surface area contributed by atoms with Crippen LogP contribution in [0.1, 0.15) is 18.4 Å². The monoisotopic (exact) mass is 276 g/mol. The van der Waals surface area contributed by atoms with E-state index in [-0.39, 0.29) is 18.6 Å². The van der Waals surface area contributed by atoms with Gasteiger partial charge in [-0.25, -0.2) is 0 Å². The highest BCUT2D eigenvalue weighted by Gasteiger charge is 2.43. The fourth-order valence-electron chi connectivity index (χ4n) is 2.23. The molecule has 2 unspecified atom stereocenters. The smallest absolute Gasteiger partial charge is 0.305 e. The Morgan fingerprint density at radius 1 is 1.40 bits per heavy atom. The predicted octanol–water partition coefficient (Wildman–Crippen LogP) is 1.31. The lowest BCUT2D eigenvalue weighted by Gasteiger charge is -2.35. The minimum atomic E-state index is -1.34. The van der Waals surface area contributed by atoms with Crippen molar-refractivity contribution in [3.8, 4) is 0 Å². The molecule has 0 radical (unpaired) electrons. The summed E-state index contributed by atoms with van der Waals surface area (Å²) in [6.45, 7) is 0. The van der Waals surface area contributed by atoms with E-state index in [4.69, 9.17) is 4.74 Å². The maximum Gasteiger partial charge on any atom is 0.305 e. The second-order valence-corrected chi connectivity index (χ2v) is 4.50. The molecule has 5 heteroatoms. The molecule has 1 aliphatic heterocycles. The van der Waals surface area contributed by atoms with Gasteiger partial charge in [-0.05, 0) is 24.1 Å². The molecule has 0 spiro atoms.